The molecule has 27 heavy (non-hydrogen) atoms. The van der Waals surface area contributed by atoms with E-state index in [1.165, 1.54) is 17.9 Å². The molecule has 1 saturated heterocycles. The van der Waals surface area contributed by atoms with Crippen LogP contribution in [-0.4, -0.2) is 58.3 Å². The van der Waals surface area contributed by atoms with Crippen molar-refractivity contribution in [2.24, 2.45) is 7.05 Å². The van der Waals surface area contributed by atoms with Gasteiger partial charge in [0, 0.05) is 51.0 Å². The Bertz CT molecular complexity index is 897. The van der Waals surface area contributed by atoms with E-state index >= 15 is 0 Å². The smallest absolute Gasteiger partial charge is 0.347 e. The van der Waals surface area contributed by atoms with Crippen molar-refractivity contribution in [2.45, 2.75) is 19.4 Å². The lowest BCUT2D eigenvalue weighted by Gasteiger charge is -2.36. The van der Waals surface area contributed by atoms with E-state index in [0.29, 0.717) is 6.54 Å². The number of aldehydes is 1. The summed E-state index contributed by atoms with van der Waals surface area (Å²) in [6, 6.07) is 7.69. The Kier molecular flexibility index (Phi) is 6.18. The van der Waals surface area contributed by atoms with Crippen molar-refractivity contribution in [2.75, 3.05) is 37.6 Å². The molecule has 1 aromatic heterocycles. The van der Waals surface area contributed by atoms with Gasteiger partial charge in [0.05, 0.1) is 0 Å². The van der Waals surface area contributed by atoms with Gasteiger partial charge in [0.25, 0.3) is 5.56 Å². The van der Waals surface area contributed by atoms with Crippen LogP contribution in [0.5, 0.6) is 0 Å². The number of hydrogen-bond acceptors (Lipinski definition) is 6. The predicted octanol–water partition coefficient (Wildman–Crippen LogP) is 0.357. The van der Waals surface area contributed by atoms with Crippen molar-refractivity contribution in [3.8, 4) is 0 Å². The van der Waals surface area contributed by atoms with Crippen molar-refractivity contribution >= 4 is 12.0 Å². The fourth-order valence-corrected chi connectivity index (χ4v) is 3.36. The van der Waals surface area contributed by atoms with E-state index in [1.807, 2.05) is 24.3 Å². The first-order chi connectivity index (χ1) is 13.1. The molecule has 1 aliphatic heterocycles. The van der Waals surface area contributed by atoms with Crippen LogP contribution >= 0.6 is 0 Å². The summed E-state index contributed by atoms with van der Waals surface area (Å²) in [6.07, 6.45) is 3.88. The van der Waals surface area contributed by atoms with E-state index in [0.717, 1.165) is 67.7 Å². The molecule has 0 saturated carbocycles. The van der Waals surface area contributed by atoms with Crippen molar-refractivity contribution in [1.29, 1.82) is 0 Å². The summed E-state index contributed by atoms with van der Waals surface area (Å²) >= 11 is 0. The predicted molar refractivity (Wildman–Crippen MR) is 103 cm³/mol. The van der Waals surface area contributed by atoms with Crippen LogP contribution in [0.15, 0.2) is 40.1 Å². The van der Waals surface area contributed by atoms with E-state index in [2.05, 4.69) is 14.9 Å². The molecule has 0 unspecified atom stereocenters. The van der Waals surface area contributed by atoms with E-state index in [1.54, 1.807) is 0 Å². The standard InChI is InChI=1S/C19H25N5O3/c1-21-18(26)14-20-24(19(21)27)9-5-4-8-22-10-12-23(13-11-22)17-7-3-2-6-16(17)15-25/h2-3,6-7,14-15H,4-5,8-13H2,1H3. The zero-order valence-corrected chi connectivity index (χ0v) is 15.6. The highest BCUT2D eigenvalue weighted by atomic mass is 16.2. The highest BCUT2D eigenvalue weighted by Gasteiger charge is 2.18. The Hall–Kier alpha value is -2.74. The molecular formula is C19H25N5O3. The number of benzene rings is 1. The third-order valence-electron chi connectivity index (χ3n) is 5.02. The minimum atomic E-state index is -0.384. The van der Waals surface area contributed by atoms with Crippen LogP contribution in [0.1, 0.15) is 23.2 Å². The topological polar surface area (TPSA) is 80.4 Å². The molecule has 3 rings (SSSR count). The van der Waals surface area contributed by atoms with Crippen molar-refractivity contribution in [3.05, 3.63) is 56.9 Å². The van der Waals surface area contributed by atoms with E-state index in [4.69, 9.17) is 0 Å². The van der Waals surface area contributed by atoms with Gasteiger partial charge in [-0.05, 0) is 31.5 Å². The minimum Gasteiger partial charge on any atom is -0.368 e. The molecule has 1 fully saturated rings. The average Bonchev–Trinajstić information content (AvgIpc) is 2.71. The van der Waals surface area contributed by atoms with Crippen LogP contribution in [0.3, 0.4) is 0 Å². The summed E-state index contributed by atoms with van der Waals surface area (Å²) in [5.74, 6) is 0. The Morgan fingerprint density at radius 3 is 2.48 bits per heavy atom. The number of carbonyl (C=O) groups is 1. The van der Waals surface area contributed by atoms with Gasteiger partial charge < -0.3 is 4.90 Å². The average molecular weight is 371 g/mol. The van der Waals surface area contributed by atoms with Crippen LogP contribution in [0.2, 0.25) is 0 Å². The molecule has 0 radical (unpaired) electrons. The second kappa shape index (κ2) is 8.77. The fraction of sp³-hybridized carbons (Fsp3) is 0.474. The molecule has 0 N–H and O–H groups in total. The van der Waals surface area contributed by atoms with Gasteiger partial charge in [-0.1, -0.05) is 12.1 Å². The normalized spacial score (nSPS) is 15.1. The van der Waals surface area contributed by atoms with E-state index < -0.39 is 0 Å². The summed E-state index contributed by atoms with van der Waals surface area (Å²) in [4.78, 5) is 39.1. The SMILES string of the molecule is Cn1c(=O)cnn(CCCCN2CCN(c3ccccc3C=O)CC2)c1=O. The quantitative estimate of drug-likeness (QED) is 0.516. The molecule has 1 aliphatic rings. The summed E-state index contributed by atoms with van der Waals surface area (Å²) in [6.45, 7) is 5.17. The lowest BCUT2D eigenvalue weighted by molar-refractivity contribution is 0.112. The molecule has 144 valence electrons. The van der Waals surface area contributed by atoms with Crippen molar-refractivity contribution in [3.63, 3.8) is 0 Å². The molecule has 0 amide bonds. The first-order valence-electron chi connectivity index (χ1n) is 9.25. The van der Waals surface area contributed by atoms with Crippen LogP contribution in [0.25, 0.3) is 0 Å². The summed E-state index contributed by atoms with van der Waals surface area (Å²) in [5.41, 5.74) is 0.990. The number of hydrogen-bond donors (Lipinski definition) is 0. The first-order valence-corrected chi connectivity index (χ1v) is 9.25. The number of aromatic nitrogens is 3. The molecule has 8 nitrogen and oxygen atoms in total. The number of aryl methyl sites for hydroxylation is 1. The van der Waals surface area contributed by atoms with Gasteiger partial charge in [-0.15, -0.1) is 0 Å². The third-order valence-corrected chi connectivity index (χ3v) is 5.02. The van der Waals surface area contributed by atoms with Gasteiger partial charge in [-0.25, -0.2) is 9.48 Å². The van der Waals surface area contributed by atoms with E-state index in [-0.39, 0.29) is 11.2 Å². The minimum absolute atomic E-state index is 0.370. The molecule has 1 aromatic carbocycles. The fourth-order valence-electron chi connectivity index (χ4n) is 3.36. The van der Waals surface area contributed by atoms with Gasteiger partial charge in [0.1, 0.15) is 6.20 Å². The van der Waals surface area contributed by atoms with Gasteiger partial charge >= 0.3 is 5.69 Å². The number of unbranched alkanes of at least 4 members (excludes halogenated alkanes) is 1. The third kappa shape index (κ3) is 4.51. The Labute approximate surface area is 157 Å². The van der Waals surface area contributed by atoms with Crippen LogP contribution in [0.4, 0.5) is 5.69 Å². The maximum atomic E-state index is 11.9. The number of anilines is 1. The number of rotatable bonds is 7. The number of nitrogens with zero attached hydrogens (tertiary/aromatic N) is 5. The Morgan fingerprint density at radius 2 is 1.74 bits per heavy atom. The molecule has 0 atom stereocenters. The largest absolute Gasteiger partial charge is 0.368 e. The summed E-state index contributed by atoms with van der Waals surface area (Å²) in [5, 5.41) is 3.90. The van der Waals surface area contributed by atoms with Crippen LogP contribution in [-0.2, 0) is 13.6 Å². The van der Waals surface area contributed by atoms with Gasteiger partial charge in [0.2, 0.25) is 0 Å². The monoisotopic (exact) mass is 371 g/mol. The number of piperazine rings is 1. The lowest BCUT2D eigenvalue weighted by Crippen LogP contribution is -2.47. The van der Waals surface area contributed by atoms with Gasteiger partial charge in [0.15, 0.2) is 6.29 Å². The molecule has 8 heteroatoms. The molecular weight excluding hydrogens is 346 g/mol. The molecule has 2 heterocycles. The van der Waals surface area contributed by atoms with Crippen molar-refractivity contribution < 1.29 is 4.79 Å². The summed E-state index contributed by atoms with van der Waals surface area (Å²) in [7, 11) is 1.46. The second-order valence-electron chi connectivity index (χ2n) is 6.76. The first kappa shape index (κ1) is 19.0. The Morgan fingerprint density at radius 1 is 1.04 bits per heavy atom. The number of carbonyl (C=O) groups excluding carboxylic acids is 1. The highest BCUT2D eigenvalue weighted by Crippen LogP contribution is 2.20. The van der Waals surface area contributed by atoms with Crippen LogP contribution < -0.4 is 16.1 Å². The van der Waals surface area contributed by atoms with Crippen molar-refractivity contribution in [1.82, 2.24) is 19.2 Å². The number of para-hydroxylation sites is 1. The molecule has 2 aromatic rings. The zero-order valence-electron chi connectivity index (χ0n) is 15.6. The molecule has 0 bridgehead atoms. The maximum Gasteiger partial charge on any atom is 0.347 e. The molecule has 0 spiro atoms. The molecule has 0 aliphatic carbocycles. The lowest BCUT2D eigenvalue weighted by atomic mass is 10.1. The van der Waals surface area contributed by atoms with Gasteiger partial charge in [-0.3, -0.25) is 19.1 Å². The summed E-state index contributed by atoms with van der Waals surface area (Å²) < 4.78 is 2.42. The Balaban J connectivity index is 1.44. The van der Waals surface area contributed by atoms with Crippen LogP contribution in [0, 0.1) is 0 Å². The second-order valence-corrected chi connectivity index (χ2v) is 6.76. The zero-order chi connectivity index (χ0) is 19.2. The van der Waals surface area contributed by atoms with Gasteiger partial charge in [-0.2, -0.15) is 5.10 Å². The highest BCUT2D eigenvalue weighted by molar-refractivity contribution is 5.84. The van der Waals surface area contributed by atoms with E-state index in [9.17, 15) is 14.4 Å². The maximum absolute atomic E-state index is 11.9.